The molecule has 0 spiro atoms. The standard InChI is InChI=1S/C18H20F4N4O4S2/c1-8-13(32-15(23-8)9(2)27)11-7-31-16(24-11)25-14(28)12-5-10(18(20,21)22)6-26(12)17(29)30-4-3-19/h7,9-10,12,27H,3-6H2,1-2H3,(H,24,25,28)/t9?,10-,12+/m1/s1. The lowest BCUT2D eigenvalue weighted by Crippen LogP contribution is -2.43. The predicted octanol–water partition coefficient (Wildman–Crippen LogP) is 3.93. The van der Waals surface area contributed by atoms with Crippen molar-refractivity contribution in [3.8, 4) is 10.6 Å². The number of aryl methyl sites for hydroxylation is 1. The summed E-state index contributed by atoms with van der Waals surface area (Å²) in [4.78, 5) is 34.7. The van der Waals surface area contributed by atoms with Crippen molar-refractivity contribution in [1.82, 2.24) is 14.9 Å². The van der Waals surface area contributed by atoms with Gasteiger partial charge >= 0.3 is 12.3 Å². The molecular formula is C18H20F4N4O4S2. The molecule has 0 bridgehead atoms. The molecule has 1 fully saturated rings. The second-order valence-corrected chi connectivity index (χ2v) is 9.00. The van der Waals surface area contributed by atoms with E-state index in [1.54, 1.807) is 19.2 Å². The lowest BCUT2D eigenvalue weighted by Gasteiger charge is -2.22. The molecule has 1 aliphatic heterocycles. The Labute approximate surface area is 188 Å². The molecule has 0 saturated carbocycles. The number of ether oxygens (including phenoxy) is 1. The van der Waals surface area contributed by atoms with Crippen molar-refractivity contribution < 1.29 is 37.0 Å². The molecule has 1 unspecified atom stereocenters. The highest BCUT2D eigenvalue weighted by molar-refractivity contribution is 7.17. The number of aliphatic hydroxyl groups is 1. The van der Waals surface area contributed by atoms with E-state index in [9.17, 15) is 32.3 Å². The van der Waals surface area contributed by atoms with Crippen LogP contribution in [0.5, 0.6) is 0 Å². The minimum Gasteiger partial charge on any atom is -0.447 e. The van der Waals surface area contributed by atoms with Crippen LogP contribution in [0.15, 0.2) is 5.38 Å². The van der Waals surface area contributed by atoms with E-state index in [1.165, 1.54) is 11.3 Å². The van der Waals surface area contributed by atoms with E-state index in [1.807, 2.05) is 0 Å². The van der Waals surface area contributed by atoms with E-state index in [-0.39, 0.29) is 5.13 Å². The van der Waals surface area contributed by atoms with Crippen LogP contribution >= 0.6 is 22.7 Å². The highest BCUT2D eigenvalue weighted by atomic mass is 32.1. The van der Waals surface area contributed by atoms with Crippen molar-refractivity contribution in [1.29, 1.82) is 0 Å². The zero-order valence-corrected chi connectivity index (χ0v) is 18.6. The second-order valence-electron chi connectivity index (χ2n) is 7.12. The molecule has 2 aromatic heterocycles. The molecule has 2 amide bonds. The van der Waals surface area contributed by atoms with Gasteiger partial charge in [0.2, 0.25) is 5.91 Å². The number of rotatable bonds is 6. The molecule has 2 N–H and O–H groups in total. The number of alkyl halides is 4. The average Bonchev–Trinajstić information content (AvgIpc) is 3.43. The number of anilines is 1. The monoisotopic (exact) mass is 496 g/mol. The van der Waals surface area contributed by atoms with Gasteiger partial charge in [0.25, 0.3) is 0 Å². The normalized spacial score (nSPS) is 19.8. The summed E-state index contributed by atoms with van der Waals surface area (Å²) >= 11 is 2.29. The number of nitrogens with zero attached hydrogens (tertiary/aromatic N) is 3. The van der Waals surface area contributed by atoms with Gasteiger partial charge in [-0.3, -0.25) is 9.69 Å². The maximum atomic E-state index is 13.2. The molecule has 14 heteroatoms. The molecule has 32 heavy (non-hydrogen) atoms. The number of carbonyl (C=O) groups is 2. The summed E-state index contributed by atoms with van der Waals surface area (Å²) in [5.74, 6) is -2.75. The van der Waals surface area contributed by atoms with E-state index < -0.39 is 62.5 Å². The molecule has 0 radical (unpaired) electrons. The van der Waals surface area contributed by atoms with Crippen molar-refractivity contribution in [3.63, 3.8) is 0 Å². The number of hydrogen-bond acceptors (Lipinski definition) is 8. The van der Waals surface area contributed by atoms with E-state index >= 15 is 0 Å². The Balaban J connectivity index is 1.75. The highest BCUT2D eigenvalue weighted by Gasteiger charge is 2.51. The van der Waals surface area contributed by atoms with Gasteiger partial charge in [0.1, 0.15) is 30.4 Å². The first-order valence-electron chi connectivity index (χ1n) is 9.49. The van der Waals surface area contributed by atoms with Crippen LogP contribution in [0.3, 0.4) is 0 Å². The van der Waals surface area contributed by atoms with Gasteiger partial charge in [-0.1, -0.05) is 0 Å². The summed E-state index contributed by atoms with van der Waals surface area (Å²) in [6.45, 7) is 0.965. The van der Waals surface area contributed by atoms with Crippen LogP contribution in [0.1, 0.15) is 30.2 Å². The molecule has 2 aromatic rings. The largest absolute Gasteiger partial charge is 0.447 e. The minimum absolute atomic E-state index is 0.129. The van der Waals surface area contributed by atoms with Crippen molar-refractivity contribution in [2.24, 2.45) is 5.92 Å². The quantitative estimate of drug-likeness (QED) is 0.588. The molecule has 3 rings (SSSR count). The summed E-state index contributed by atoms with van der Waals surface area (Å²) in [7, 11) is 0. The Morgan fingerprint density at radius 1 is 1.41 bits per heavy atom. The highest BCUT2D eigenvalue weighted by Crippen LogP contribution is 2.38. The van der Waals surface area contributed by atoms with Crippen LogP contribution in [0.2, 0.25) is 0 Å². The summed E-state index contributed by atoms with van der Waals surface area (Å²) in [5, 5.41) is 14.4. The predicted molar refractivity (Wildman–Crippen MR) is 109 cm³/mol. The smallest absolute Gasteiger partial charge is 0.410 e. The zero-order valence-electron chi connectivity index (χ0n) is 17.0. The minimum atomic E-state index is -4.60. The van der Waals surface area contributed by atoms with Crippen molar-refractivity contribution >= 4 is 39.8 Å². The number of halogens is 4. The molecule has 1 saturated heterocycles. The topological polar surface area (TPSA) is 105 Å². The number of carbonyl (C=O) groups excluding carboxylic acids is 2. The van der Waals surface area contributed by atoms with Crippen LogP contribution in [0.4, 0.5) is 27.5 Å². The van der Waals surface area contributed by atoms with Gasteiger partial charge in [-0.05, 0) is 20.3 Å². The van der Waals surface area contributed by atoms with Crippen molar-refractivity contribution in [2.45, 2.75) is 38.6 Å². The number of likely N-dealkylation sites (tertiary alicyclic amines) is 1. The van der Waals surface area contributed by atoms with Gasteiger partial charge in [-0.15, -0.1) is 22.7 Å². The number of hydrogen-bond donors (Lipinski definition) is 2. The molecule has 176 valence electrons. The second kappa shape index (κ2) is 9.67. The van der Waals surface area contributed by atoms with E-state index in [2.05, 4.69) is 20.0 Å². The number of thiazole rings is 2. The van der Waals surface area contributed by atoms with Gasteiger partial charge in [0.15, 0.2) is 5.13 Å². The van der Waals surface area contributed by atoms with Gasteiger partial charge in [0.05, 0.1) is 22.2 Å². The van der Waals surface area contributed by atoms with Crippen LogP contribution in [-0.2, 0) is 9.53 Å². The number of nitrogens with one attached hydrogen (secondary N) is 1. The fourth-order valence-corrected chi connectivity index (χ4v) is 4.93. The first-order valence-corrected chi connectivity index (χ1v) is 11.2. The van der Waals surface area contributed by atoms with E-state index in [0.717, 1.165) is 11.3 Å². The van der Waals surface area contributed by atoms with Gasteiger partial charge in [-0.2, -0.15) is 13.2 Å². The third-order valence-electron chi connectivity index (χ3n) is 4.74. The SMILES string of the molecule is Cc1nc(C(C)O)sc1-c1csc(NC(=O)[C@@H]2C[C@@H](C(F)(F)F)CN2C(=O)OCCF)n1. The molecule has 8 nitrogen and oxygen atoms in total. The third kappa shape index (κ3) is 5.35. The molecular weight excluding hydrogens is 476 g/mol. The van der Waals surface area contributed by atoms with Crippen LogP contribution in [-0.4, -0.2) is 64.0 Å². The number of aliphatic hydroxyl groups excluding tert-OH is 1. The fourth-order valence-electron chi connectivity index (χ4n) is 3.19. The Hall–Kier alpha value is -2.32. The lowest BCUT2D eigenvalue weighted by molar-refractivity contribution is -0.170. The number of amides is 2. The summed E-state index contributed by atoms with van der Waals surface area (Å²) in [6.07, 6.45) is -7.17. The summed E-state index contributed by atoms with van der Waals surface area (Å²) < 4.78 is 56.5. The fraction of sp³-hybridized carbons (Fsp3) is 0.556. The third-order valence-corrected chi connectivity index (χ3v) is 6.85. The van der Waals surface area contributed by atoms with Crippen LogP contribution < -0.4 is 5.32 Å². The summed E-state index contributed by atoms with van der Waals surface area (Å²) in [6, 6.07) is -1.44. The lowest BCUT2D eigenvalue weighted by atomic mass is 10.1. The Morgan fingerprint density at radius 3 is 2.72 bits per heavy atom. The van der Waals surface area contributed by atoms with Crippen molar-refractivity contribution in [2.75, 3.05) is 25.1 Å². The van der Waals surface area contributed by atoms with Crippen LogP contribution in [0, 0.1) is 12.8 Å². The van der Waals surface area contributed by atoms with E-state index in [0.29, 0.717) is 26.2 Å². The average molecular weight is 497 g/mol. The molecule has 3 atom stereocenters. The molecule has 0 aliphatic carbocycles. The van der Waals surface area contributed by atoms with Gasteiger partial charge in [0, 0.05) is 11.9 Å². The zero-order chi connectivity index (χ0) is 23.6. The molecule has 1 aliphatic rings. The van der Waals surface area contributed by atoms with Crippen LogP contribution in [0.25, 0.3) is 10.6 Å². The van der Waals surface area contributed by atoms with Gasteiger partial charge in [-0.25, -0.2) is 19.2 Å². The Morgan fingerprint density at radius 2 is 2.12 bits per heavy atom. The van der Waals surface area contributed by atoms with Crippen molar-refractivity contribution in [3.05, 3.63) is 16.1 Å². The maximum absolute atomic E-state index is 13.2. The maximum Gasteiger partial charge on any atom is 0.410 e. The Bertz CT molecular complexity index is 979. The Kier molecular flexibility index (Phi) is 7.35. The summed E-state index contributed by atoms with van der Waals surface area (Å²) in [5.41, 5.74) is 1.13. The first kappa shape index (κ1) is 24.3. The first-order chi connectivity index (χ1) is 15.0. The molecule has 3 heterocycles. The molecule has 0 aromatic carbocycles. The van der Waals surface area contributed by atoms with Gasteiger partial charge < -0.3 is 15.2 Å². The number of aromatic nitrogens is 2. The van der Waals surface area contributed by atoms with E-state index in [4.69, 9.17) is 0 Å².